The van der Waals surface area contributed by atoms with Crippen LogP contribution >= 0.6 is 15.9 Å². The van der Waals surface area contributed by atoms with Crippen molar-refractivity contribution >= 4 is 15.9 Å². The highest BCUT2D eigenvalue weighted by Gasteiger charge is 2.02. The summed E-state index contributed by atoms with van der Waals surface area (Å²) in [6, 6.07) is 15.4. The minimum atomic E-state index is 0.0172. The summed E-state index contributed by atoms with van der Waals surface area (Å²) in [6.45, 7) is 0.725. The number of hydrogen-bond acceptors (Lipinski definition) is 3. The first kappa shape index (κ1) is 14.1. The van der Waals surface area contributed by atoms with E-state index in [9.17, 15) is 0 Å². The Bertz CT molecular complexity index is 514. The van der Waals surface area contributed by atoms with E-state index in [2.05, 4.69) is 15.9 Å². The highest BCUT2D eigenvalue weighted by atomic mass is 79.9. The summed E-state index contributed by atoms with van der Waals surface area (Å²) in [5, 5.41) is 9.01. The Kier molecular flexibility index (Phi) is 5.39. The molecule has 2 aromatic rings. The zero-order valence-corrected chi connectivity index (χ0v) is 12.0. The molecular formula is C15H15BrO3. The van der Waals surface area contributed by atoms with E-state index >= 15 is 0 Å². The monoisotopic (exact) mass is 322 g/mol. The fraction of sp³-hybridized carbons (Fsp3) is 0.200. The van der Waals surface area contributed by atoms with Crippen molar-refractivity contribution in [2.75, 3.05) is 6.79 Å². The molecule has 1 N–H and O–H groups in total. The summed E-state index contributed by atoms with van der Waals surface area (Å²) in [4.78, 5) is 0. The third-order valence-electron chi connectivity index (χ3n) is 2.59. The van der Waals surface area contributed by atoms with Crippen LogP contribution in [0.1, 0.15) is 11.1 Å². The van der Waals surface area contributed by atoms with Crippen LogP contribution in [0.15, 0.2) is 53.0 Å². The predicted molar refractivity (Wildman–Crippen MR) is 76.8 cm³/mol. The number of hydrogen-bond donors (Lipinski definition) is 1. The Hall–Kier alpha value is -1.36. The summed E-state index contributed by atoms with van der Waals surface area (Å²) in [7, 11) is 0. The lowest BCUT2D eigenvalue weighted by molar-refractivity contribution is 0.00462. The molecule has 0 radical (unpaired) electrons. The molecule has 0 aliphatic heterocycles. The van der Waals surface area contributed by atoms with Crippen molar-refractivity contribution in [3.05, 3.63) is 64.1 Å². The molecule has 3 nitrogen and oxygen atoms in total. The third kappa shape index (κ3) is 4.35. The molecule has 100 valence electrons. The van der Waals surface area contributed by atoms with Gasteiger partial charge in [0.05, 0.1) is 17.7 Å². The van der Waals surface area contributed by atoms with E-state index in [1.54, 1.807) is 0 Å². The van der Waals surface area contributed by atoms with Gasteiger partial charge in [-0.05, 0) is 39.2 Å². The second kappa shape index (κ2) is 7.28. The van der Waals surface area contributed by atoms with Gasteiger partial charge in [-0.2, -0.15) is 0 Å². The van der Waals surface area contributed by atoms with E-state index < -0.39 is 0 Å². The van der Waals surface area contributed by atoms with Gasteiger partial charge >= 0.3 is 0 Å². The number of benzene rings is 2. The first-order valence-corrected chi connectivity index (χ1v) is 6.72. The molecule has 19 heavy (non-hydrogen) atoms. The SMILES string of the molecule is OCc1ccc(OCOCc2ccccc2)c(Br)c1. The van der Waals surface area contributed by atoms with E-state index in [4.69, 9.17) is 14.6 Å². The Morgan fingerprint density at radius 2 is 1.79 bits per heavy atom. The second-order valence-electron chi connectivity index (χ2n) is 4.02. The zero-order valence-electron chi connectivity index (χ0n) is 10.4. The molecule has 0 unspecified atom stereocenters. The molecule has 0 heterocycles. The normalized spacial score (nSPS) is 10.4. The van der Waals surface area contributed by atoms with Crippen LogP contribution in [0.5, 0.6) is 5.75 Å². The molecule has 0 saturated carbocycles. The Labute approximate surface area is 120 Å². The zero-order chi connectivity index (χ0) is 13.5. The number of aliphatic hydroxyl groups is 1. The van der Waals surface area contributed by atoms with Gasteiger partial charge in [0.15, 0.2) is 6.79 Å². The predicted octanol–water partition coefficient (Wildman–Crippen LogP) is 3.49. The maximum Gasteiger partial charge on any atom is 0.189 e. The number of rotatable bonds is 6. The largest absolute Gasteiger partial charge is 0.466 e. The molecule has 0 saturated heterocycles. The lowest BCUT2D eigenvalue weighted by atomic mass is 10.2. The quantitative estimate of drug-likeness (QED) is 0.653. The van der Waals surface area contributed by atoms with Crippen LogP contribution in [0.3, 0.4) is 0 Å². The minimum Gasteiger partial charge on any atom is -0.466 e. The van der Waals surface area contributed by atoms with Crippen molar-refractivity contribution in [1.29, 1.82) is 0 Å². The molecule has 2 rings (SSSR count). The van der Waals surface area contributed by atoms with Crippen LogP contribution in [0.2, 0.25) is 0 Å². The van der Waals surface area contributed by atoms with E-state index in [1.165, 1.54) is 0 Å². The highest BCUT2D eigenvalue weighted by molar-refractivity contribution is 9.10. The van der Waals surface area contributed by atoms with E-state index in [-0.39, 0.29) is 13.4 Å². The van der Waals surface area contributed by atoms with E-state index in [0.29, 0.717) is 12.4 Å². The average molecular weight is 323 g/mol. The number of aliphatic hydroxyl groups excluding tert-OH is 1. The molecule has 0 fully saturated rings. The van der Waals surface area contributed by atoms with Gasteiger partial charge in [0.25, 0.3) is 0 Å². The van der Waals surface area contributed by atoms with Gasteiger partial charge in [-0.25, -0.2) is 0 Å². The molecule has 4 heteroatoms. The van der Waals surface area contributed by atoms with Crippen LogP contribution in [-0.4, -0.2) is 11.9 Å². The first-order chi connectivity index (χ1) is 9.29. The molecular weight excluding hydrogens is 308 g/mol. The van der Waals surface area contributed by atoms with Crippen molar-refractivity contribution in [3.8, 4) is 5.75 Å². The molecule has 0 bridgehead atoms. The van der Waals surface area contributed by atoms with Crippen molar-refractivity contribution in [1.82, 2.24) is 0 Å². The molecule has 0 aliphatic carbocycles. The van der Waals surface area contributed by atoms with Gasteiger partial charge in [0.1, 0.15) is 5.75 Å². The summed E-state index contributed by atoms with van der Waals surface area (Å²) >= 11 is 3.39. The van der Waals surface area contributed by atoms with Gasteiger partial charge in [-0.3, -0.25) is 0 Å². The van der Waals surface area contributed by atoms with Crippen LogP contribution in [0.25, 0.3) is 0 Å². The van der Waals surface area contributed by atoms with Gasteiger partial charge in [-0.15, -0.1) is 0 Å². The lowest BCUT2D eigenvalue weighted by Gasteiger charge is -2.09. The standard InChI is InChI=1S/C15H15BrO3/c16-14-8-13(9-17)6-7-15(14)19-11-18-10-12-4-2-1-3-5-12/h1-8,17H,9-11H2. The molecule has 0 aliphatic rings. The second-order valence-corrected chi connectivity index (χ2v) is 4.87. The molecule has 0 spiro atoms. The average Bonchev–Trinajstić information content (AvgIpc) is 2.46. The van der Waals surface area contributed by atoms with Gasteiger partial charge < -0.3 is 14.6 Å². The summed E-state index contributed by atoms with van der Waals surface area (Å²) in [5.41, 5.74) is 1.95. The minimum absolute atomic E-state index is 0.0172. The summed E-state index contributed by atoms with van der Waals surface area (Å²) < 4.78 is 11.8. The Morgan fingerprint density at radius 1 is 1.00 bits per heavy atom. The molecule has 0 aromatic heterocycles. The fourth-order valence-corrected chi connectivity index (χ4v) is 2.14. The maximum absolute atomic E-state index is 9.01. The highest BCUT2D eigenvalue weighted by Crippen LogP contribution is 2.26. The number of ether oxygens (including phenoxy) is 2. The van der Waals surface area contributed by atoms with Crippen molar-refractivity contribution in [2.24, 2.45) is 0 Å². The van der Waals surface area contributed by atoms with Crippen LogP contribution in [-0.2, 0) is 18.0 Å². The Balaban J connectivity index is 1.80. The van der Waals surface area contributed by atoms with Crippen LogP contribution < -0.4 is 4.74 Å². The van der Waals surface area contributed by atoms with Crippen molar-refractivity contribution in [3.63, 3.8) is 0 Å². The number of halogens is 1. The van der Waals surface area contributed by atoms with Crippen molar-refractivity contribution in [2.45, 2.75) is 13.2 Å². The van der Waals surface area contributed by atoms with Gasteiger partial charge in [-0.1, -0.05) is 36.4 Å². The summed E-state index contributed by atoms with van der Waals surface area (Å²) in [5.74, 6) is 0.699. The summed E-state index contributed by atoms with van der Waals surface area (Å²) in [6.07, 6.45) is 0. The molecule has 2 aromatic carbocycles. The maximum atomic E-state index is 9.01. The lowest BCUT2D eigenvalue weighted by Crippen LogP contribution is -2.03. The van der Waals surface area contributed by atoms with Gasteiger partial charge in [0.2, 0.25) is 0 Å². The topological polar surface area (TPSA) is 38.7 Å². The van der Waals surface area contributed by atoms with E-state index in [1.807, 2.05) is 48.5 Å². The third-order valence-corrected chi connectivity index (χ3v) is 3.21. The van der Waals surface area contributed by atoms with Gasteiger partial charge in [0, 0.05) is 0 Å². The fourth-order valence-electron chi connectivity index (χ4n) is 1.60. The molecule has 0 amide bonds. The van der Waals surface area contributed by atoms with Crippen molar-refractivity contribution < 1.29 is 14.6 Å². The van der Waals surface area contributed by atoms with Crippen LogP contribution in [0.4, 0.5) is 0 Å². The Morgan fingerprint density at radius 3 is 2.47 bits per heavy atom. The van der Waals surface area contributed by atoms with E-state index in [0.717, 1.165) is 15.6 Å². The van der Waals surface area contributed by atoms with Crippen LogP contribution in [0, 0.1) is 0 Å². The smallest absolute Gasteiger partial charge is 0.189 e. The molecule has 0 atom stereocenters. The first-order valence-electron chi connectivity index (χ1n) is 5.93.